The summed E-state index contributed by atoms with van der Waals surface area (Å²) in [6.07, 6.45) is 5.39. The first kappa shape index (κ1) is 13.1. The lowest BCUT2D eigenvalue weighted by Gasteiger charge is -2.35. The van der Waals surface area contributed by atoms with Crippen LogP contribution in [0.1, 0.15) is 30.1 Å². The number of hydrogen-bond acceptors (Lipinski definition) is 5. The lowest BCUT2D eigenvalue weighted by Crippen LogP contribution is -2.34. The molecule has 0 aliphatic heterocycles. The van der Waals surface area contributed by atoms with E-state index in [2.05, 4.69) is 15.3 Å². The van der Waals surface area contributed by atoms with Crippen LogP contribution < -0.4 is 5.32 Å². The van der Waals surface area contributed by atoms with Crippen LogP contribution in [0, 0.1) is 21.4 Å². The summed E-state index contributed by atoms with van der Waals surface area (Å²) in [5.74, 6) is 1.39. The van der Waals surface area contributed by atoms with E-state index < -0.39 is 4.92 Å². The highest BCUT2D eigenvalue weighted by Crippen LogP contribution is 2.37. The minimum absolute atomic E-state index is 0.0702. The first-order chi connectivity index (χ1) is 10.2. The largest absolute Gasteiger partial charge is 0.381 e. The molecule has 1 saturated carbocycles. The van der Waals surface area contributed by atoms with Gasteiger partial charge in [-0.3, -0.25) is 10.1 Å². The minimum Gasteiger partial charge on any atom is -0.381 e. The highest BCUT2D eigenvalue weighted by atomic mass is 16.6. The number of aromatic amines is 1. The molecule has 0 spiro atoms. The van der Waals surface area contributed by atoms with Crippen molar-refractivity contribution in [1.29, 1.82) is 5.26 Å². The number of nitriles is 1. The molecule has 0 saturated heterocycles. The quantitative estimate of drug-likeness (QED) is 0.662. The maximum Gasteiger partial charge on any atom is 0.270 e. The summed E-state index contributed by atoms with van der Waals surface area (Å²) in [7, 11) is 0. The summed E-state index contributed by atoms with van der Waals surface area (Å²) in [5.41, 5.74) is 0.871. The van der Waals surface area contributed by atoms with Crippen molar-refractivity contribution >= 4 is 11.4 Å². The average molecular weight is 283 g/mol. The molecule has 0 unspecified atom stereocenters. The van der Waals surface area contributed by atoms with Gasteiger partial charge in [0.05, 0.1) is 16.2 Å². The second-order valence-electron chi connectivity index (χ2n) is 5.08. The fourth-order valence-electron chi connectivity index (χ4n) is 2.54. The zero-order valence-electron chi connectivity index (χ0n) is 11.1. The number of nitro groups is 1. The van der Waals surface area contributed by atoms with Crippen LogP contribution in [0.25, 0.3) is 0 Å². The molecule has 1 fully saturated rings. The lowest BCUT2D eigenvalue weighted by atomic mass is 9.79. The smallest absolute Gasteiger partial charge is 0.270 e. The van der Waals surface area contributed by atoms with Gasteiger partial charge in [-0.2, -0.15) is 5.26 Å². The Morgan fingerprint density at radius 2 is 2.29 bits per heavy atom. The fourth-order valence-corrected chi connectivity index (χ4v) is 2.54. The Kier molecular flexibility index (Phi) is 3.28. The maximum atomic E-state index is 10.7. The molecule has 2 N–H and O–H groups in total. The number of H-pyrrole nitrogens is 1. The number of nitrogens with zero attached hydrogens (tertiary/aromatic N) is 3. The normalized spacial score (nSPS) is 20.3. The SMILES string of the molecule is N#Cc1cc([N+](=O)[O-])ccc1NC1CC(c2ncc[nH]2)C1. The molecule has 0 radical (unpaired) electrons. The second kappa shape index (κ2) is 5.25. The maximum absolute atomic E-state index is 10.7. The molecule has 106 valence electrons. The highest BCUT2D eigenvalue weighted by Gasteiger charge is 2.32. The van der Waals surface area contributed by atoms with Crippen LogP contribution in [0.2, 0.25) is 0 Å². The predicted molar refractivity (Wildman–Crippen MR) is 75.8 cm³/mol. The summed E-state index contributed by atoms with van der Waals surface area (Å²) in [5, 5.41) is 23.1. The number of rotatable bonds is 4. The number of benzene rings is 1. The molecule has 1 aliphatic rings. The van der Waals surface area contributed by atoms with Crippen molar-refractivity contribution in [3.63, 3.8) is 0 Å². The predicted octanol–water partition coefficient (Wildman–Crippen LogP) is 2.55. The number of non-ortho nitro benzene ring substituents is 1. The van der Waals surface area contributed by atoms with Crippen molar-refractivity contribution in [2.45, 2.75) is 24.8 Å². The van der Waals surface area contributed by atoms with Crippen LogP contribution in [0.4, 0.5) is 11.4 Å². The molecular weight excluding hydrogens is 270 g/mol. The van der Waals surface area contributed by atoms with Crippen molar-refractivity contribution in [1.82, 2.24) is 9.97 Å². The average Bonchev–Trinajstić information content (AvgIpc) is 2.95. The molecule has 1 aliphatic carbocycles. The summed E-state index contributed by atoms with van der Waals surface area (Å²) >= 11 is 0. The third-order valence-electron chi connectivity index (χ3n) is 3.74. The van der Waals surface area contributed by atoms with Crippen LogP contribution in [-0.4, -0.2) is 20.9 Å². The van der Waals surface area contributed by atoms with Gasteiger partial charge in [-0.15, -0.1) is 0 Å². The van der Waals surface area contributed by atoms with Crippen LogP contribution in [-0.2, 0) is 0 Å². The molecule has 7 nitrogen and oxygen atoms in total. The zero-order valence-corrected chi connectivity index (χ0v) is 11.1. The molecule has 1 heterocycles. The van der Waals surface area contributed by atoms with Gasteiger partial charge < -0.3 is 10.3 Å². The zero-order chi connectivity index (χ0) is 14.8. The molecule has 7 heteroatoms. The van der Waals surface area contributed by atoms with Crippen LogP contribution in [0.5, 0.6) is 0 Å². The third kappa shape index (κ3) is 2.56. The third-order valence-corrected chi connectivity index (χ3v) is 3.74. The van der Waals surface area contributed by atoms with Gasteiger partial charge in [0.15, 0.2) is 0 Å². The Morgan fingerprint density at radius 3 is 2.90 bits per heavy atom. The number of anilines is 1. The van der Waals surface area contributed by atoms with Crippen LogP contribution >= 0.6 is 0 Å². The Bertz CT molecular complexity index is 699. The molecule has 21 heavy (non-hydrogen) atoms. The van der Waals surface area contributed by atoms with Gasteiger partial charge >= 0.3 is 0 Å². The fraction of sp³-hybridized carbons (Fsp3) is 0.286. The molecule has 1 aromatic heterocycles. The minimum atomic E-state index is -0.499. The standard InChI is InChI=1S/C14H13N5O2/c15-8-10-7-12(19(20)21)1-2-13(10)18-11-5-9(6-11)14-16-3-4-17-14/h1-4,7,9,11,18H,5-6H2,(H,16,17). The van der Waals surface area contributed by atoms with Crippen molar-refractivity contribution in [3.8, 4) is 6.07 Å². The monoisotopic (exact) mass is 283 g/mol. The first-order valence-corrected chi connectivity index (χ1v) is 6.61. The summed E-state index contributed by atoms with van der Waals surface area (Å²) < 4.78 is 0. The molecule has 0 atom stereocenters. The Labute approximate surface area is 120 Å². The van der Waals surface area contributed by atoms with Gasteiger partial charge in [0.2, 0.25) is 0 Å². The van der Waals surface area contributed by atoms with Crippen molar-refractivity contribution in [2.24, 2.45) is 0 Å². The van der Waals surface area contributed by atoms with Crippen LogP contribution in [0.3, 0.4) is 0 Å². The molecule has 1 aromatic carbocycles. The summed E-state index contributed by atoms with van der Waals surface area (Å²) in [6, 6.07) is 6.56. The molecular formula is C14H13N5O2. The number of nitro benzene ring substituents is 1. The lowest BCUT2D eigenvalue weighted by molar-refractivity contribution is -0.384. The Morgan fingerprint density at radius 1 is 1.48 bits per heavy atom. The van der Waals surface area contributed by atoms with Crippen molar-refractivity contribution in [2.75, 3.05) is 5.32 Å². The molecule has 0 bridgehead atoms. The number of hydrogen-bond donors (Lipinski definition) is 2. The van der Waals surface area contributed by atoms with E-state index in [4.69, 9.17) is 5.26 Å². The summed E-state index contributed by atoms with van der Waals surface area (Å²) in [6.45, 7) is 0. The van der Waals surface area contributed by atoms with E-state index in [-0.39, 0.29) is 11.7 Å². The van der Waals surface area contributed by atoms with E-state index in [0.29, 0.717) is 17.2 Å². The van der Waals surface area contributed by atoms with Gasteiger partial charge in [-0.05, 0) is 18.9 Å². The topological polar surface area (TPSA) is 108 Å². The van der Waals surface area contributed by atoms with Gasteiger partial charge in [0.25, 0.3) is 5.69 Å². The van der Waals surface area contributed by atoms with Gasteiger partial charge in [0, 0.05) is 36.5 Å². The Hall–Kier alpha value is -2.88. The van der Waals surface area contributed by atoms with Crippen molar-refractivity contribution in [3.05, 3.63) is 52.1 Å². The highest BCUT2D eigenvalue weighted by molar-refractivity contribution is 5.62. The Balaban J connectivity index is 1.67. The van der Waals surface area contributed by atoms with E-state index in [1.165, 1.54) is 12.1 Å². The summed E-state index contributed by atoms with van der Waals surface area (Å²) in [4.78, 5) is 17.5. The number of nitrogens with one attached hydrogen (secondary N) is 2. The van der Waals surface area contributed by atoms with E-state index in [0.717, 1.165) is 18.7 Å². The van der Waals surface area contributed by atoms with E-state index in [9.17, 15) is 10.1 Å². The molecule has 0 amide bonds. The van der Waals surface area contributed by atoms with Gasteiger partial charge in [-0.25, -0.2) is 4.98 Å². The van der Waals surface area contributed by atoms with Gasteiger partial charge in [0.1, 0.15) is 11.9 Å². The molecule has 2 aromatic rings. The number of aromatic nitrogens is 2. The van der Waals surface area contributed by atoms with E-state index in [1.807, 2.05) is 6.07 Å². The van der Waals surface area contributed by atoms with Crippen LogP contribution in [0.15, 0.2) is 30.6 Å². The van der Waals surface area contributed by atoms with Crippen molar-refractivity contribution < 1.29 is 4.92 Å². The van der Waals surface area contributed by atoms with Gasteiger partial charge in [-0.1, -0.05) is 0 Å². The first-order valence-electron chi connectivity index (χ1n) is 6.61. The van der Waals surface area contributed by atoms with E-state index in [1.54, 1.807) is 18.5 Å². The second-order valence-corrected chi connectivity index (χ2v) is 5.08. The number of imidazole rings is 1. The molecule has 3 rings (SSSR count). The van der Waals surface area contributed by atoms with E-state index >= 15 is 0 Å².